The molecule has 0 aliphatic carbocycles. The van der Waals surface area contributed by atoms with Gasteiger partial charge in [-0.05, 0) is 44.5 Å². The number of hydrogen-bond donors (Lipinski definition) is 2. The fourth-order valence-electron chi connectivity index (χ4n) is 1.98. The Balaban J connectivity index is 2.61. The standard InChI is InChI=1S/C15H23NO3/c1-4-16-13(10-15(17)18)9-12-5-7-14(8-6-12)19-11(2)3/h5-8,11,13,16H,4,9-10H2,1-3H3,(H,17,18). The fourth-order valence-corrected chi connectivity index (χ4v) is 1.98. The molecule has 0 aromatic heterocycles. The minimum Gasteiger partial charge on any atom is -0.491 e. The van der Waals surface area contributed by atoms with E-state index in [4.69, 9.17) is 9.84 Å². The molecule has 0 radical (unpaired) electrons. The van der Waals surface area contributed by atoms with E-state index >= 15 is 0 Å². The summed E-state index contributed by atoms with van der Waals surface area (Å²) in [6.07, 6.45) is 1.01. The van der Waals surface area contributed by atoms with Crippen molar-refractivity contribution >= 4 is 5.97 Å². The zero-order valence-electron chi connectivity index (χ0n) is 11.8. The van der Waals surface area contributed by atoms with E-state index in [-0.39, 0.29) is 18.6 Å². The molecule has 1 rings (SSSR count). The van der Waals surface area contributed by atoms with Gasteiger partial charge in [0.05, 0.1) is 12.5 Å². The minimum absolute atomic E-state index is 0.0284. The Bertz CT molecular complexity index is 387. The number of likely N-dealkylation sites (N-methyl/N-ethyl adjacent to an activating group) is 1. The Kier molecular flexibility index (Phi) is 6.36. The average molecular weight is 265 g/mol. The van der Waals surface area contributed by atoms with Gasteiger partial charge in [-0.2, -0.15) is 0 Å². The summed E-state index contributed by atoms with van der Waals surface area (Å²) in [6, 6.07) is 7.81. The van der Waals surface area contributed by atoms with Gasteiger partial charge >= 0.3 is 5.97 Å². The predicted molar refractivity (Wildman–Crippen MR) is 75.6 cm³/mol. The summed E-state index contributed by atoms with van der Waals surface area (Å²) >= 11 is 0. The highest BCUT2D eigenvalue weighted by Gasteiger charge is 2.12. The van der Waals surface area contributed by atoms with Gasteiger partial charge in [0.25, 0.3) is 0 Å². The van der Waals surface area contributed by atoms with Gasteiger partial charge in [0, 0.05) is 6.04 Å². The van der Waals surface area contributed by atoms with Gasteiger partial charge in [0.2, 0.25) is 0 Å². The first-order chi connectivity index (χ1) is 9.01. The molecule has 0 spiro atoms. The molecule has 4 nitrogen and oxygen atoms in total. The first kappa shape index (κ1) is 15.5. The Morgan fingerprint density at radius 3 is 2.42 bits per heavy atom. The number of carboxylic acid groups (broad SMARTS) is 1. The van der Waals surface area contributed by atoms with Crippen LogP contribution in [0.2, 0.25) is 0 Å². The third-order valence-electron chi connectivity index (χ3n) is 2.69. The molecular weight excluding hydrogens is 242 g/mol. The Morgan fingerprint density at radius 1 is 1.32 bits per heavy atom. The summed E-state index contributed by atoms with van der Waals surface area (Å²) in [5.41, 5.74) is 1.11. The molecule has 1 aromatic carbocycles. The molecule has 1 atom stereocenters. The second-order valence-corrected chi connectivity index (χ2v) is 4.87. The van der Waals surface area contributed by atoms with Crippen molar-refractivity contribution < 1.29 is 14.6 Å². The maximum Gasteiger partial charge on any atom is 0.304 e. The number of ether oxygens (including phenoxy) is 1. The summed E-state index contributed by atoms with van der Waals surface area (Å²) in [7, 11) is 0. The first-order valence-corrected chi connectivity index (χ1v) is 6.72. The van der Waals surface area contributed by atoms with E-state index < -0.39 is 5.97 Å². The van der Waals surface area contributed by atoms with Crippen LogP contribution in [0.1, 0.15) is 32.8 Å². The molecule has 0 amide bonds. The van der Waals surface area contributed by atoms with E-state index in [1.54, 1.807) is 0 Å². The van der Waals surface area contributed by atoms with E-state index in [9.17, 15) is 4.79 Å². The molecule has 2 N–H and O–H groups in total. The van der Waals surface area contributed by atoms with Crippen LogP contribution in [0.25, 0.3) is 0 Å². The van der Waals surface area contributed by atoms with Crippen LogP contribution in [0.3, 0.4) is 0 Å². The molecule has 0 bridgehead atoms. The van der Waals surface area contributed by atoms with Gasteiger partial charge in [0.15, 0.2) is 0 Å². The van der Waals surface area contributed by atoms with Crippen molar-refractivity contribution in [1.82, 2.24) is 5.32 Å². The highest BCUT2D eigenvalue weighted by atomic mass is 16.5. The zero-order chi connectivity index (χ0) is 14.3. The van der Waals surface area contributed by atoms with Crippen LogP contribution in [0.5, 0.6) is 5.75 Å². The van der Waals surface area contributed by atoms with Crippen molar-refractivity contribution in [2.24, 2.45) is 0 Å². The summed E-state index contributed by atoms with van der Waals surface area (Å²) in [4.78, 5) is 10.8. The molecule has 0 saturated heterocycles. The lowest BCUT2D eigenvalue weighted by Crippen LogP contribution is -2.33. The van der Waals surface area contributed by atoms with Crippen LogP contribution in [0.4, 0.5) is 0 Å². The monoisotopic (exact) mass is 265 g/mol. The maximum absolute atomic E-state index is 10.8. The zero-order valence-corrected chi connectivity index (χ0v) is 11.8. The lowest BCUT2D eigenvalue weighted by atomic mass is 10.0. The molecule has 19 heavy (non-hydrogen) atoms. The van der Waals surface area contributed by atoms with E-state index in [1.807, 2.05) is 45.0 Å². The van der Waals surface area contributed by atoms with Crippen LogP contribution in [-0.4, -0.2) is 29.8 Å². The van der Waals surface area contributed by atoms with Crippen LogP contribution >= 0.6 is 0 Å². The lowest BCUT2D eigenvalue weighted by molar-refractivity contribution is -0.137. The van der Waals surface area contributed by atoms with Crippen LogP contribution in [0, 0.1) is 0 Å². The van der Waals surface area contributed by atoms with Gasteiger partial charge in [-0.15, -0.1) is 0 Å². The van der Waals surface area contributed by atoms with Crippen molar-refractivity contribution in [2.45, 2.75) is 45.8 Å². The largest absolute Gasteiger partial charge is 0.491 e. The van der Waals surface area contributed by atoms with Crippen molar-refractivity contribution in [3.63, 3.8) is 0 Å². The molecule has 0 heterocycles. The molecule has 4 heteroatoms. The van der Waals surface area contributed by atoms with E-state index in [0.717, 1.165) is 17.9 Å². The van der Waals surface area contributed by atoms with Crippen LogP contribution in [-0.2, 0) is 11.2 Å². The quantitative estimate of drug-likeness (QED) is 0.758. The molecular formula is C15H23NO3. The maximum atomic E-state index is 10.8. The Labute approximate surface area is 114 Å². The van der Waals surface area contributed by atoms with E-state index in [2.05, 4.69) is 5.32 Å². The van der Waals surface area contributed by atoms with E-state index in [0.29, 0.717) is 6.42 Å². The fraction of sp³-hybridized carbons (Fsp3) is 0.533. The SMILES string of the molecule is CCNC(CC(=O)O)Cc1ccc(OC(C)C)cc1. The number of hydrogen-bond acceptors (Lipinski definition) is 3. The van der Waals surface area contributed by atoms with Crippen molar-refractivity contribution in [1.29, 1.82) is 0 Å². The van der Waals surface area contributed by atoms with Gasteiger partial charge in [-0.25, -0.2) is 0 Å². The Hall–Kier alpha value is -1.55. The minimum atomic E-state index is -0.772. The number of aliphatic carboxylic acids is 1. The molecule has 0 fully saturated rings. The highest BCUT2D eigenvalue weighted by molar-refractivity contribution is 5.67. The molecule has 1 unspecified atom stereocenters. The highest BCUT2D eigenvalue weighted by Crippen LogP contribution is 2.15. The van der Waals surface area contributed by atoms with E-state index in [1.165, 1.54) is 0 Å². The summed E-state index contributed by atoms with van der Waals surface area (Å²) < 4.78 is 5.58. The van der Waals surface area contributed by atoms with Gasteiger partial charge in [-0.1, -0.05) is 19.1 Å². The second-order valence-electron chi connectivity index (χ2n) is 4.87. The number of nitrogens with one attached hydrogen (secondary N) is 1. The van der Waals surface area contributed by atoms with Gasteiger partial charge < -0.3 is 15.2 Å². The van der Waals surface area contributed by atoms with Crippen molar-refractivity contribution in [2.75, 3.05) is 6.54 Å². The smallest absolute Gasteiger partial charge is 0.304 e. The van der Waals surface area contributed by atoms with Crippen molar-refractivity contribution in [3.8, 4) is 5.75 Å². The van der Waals surface area contributed by atoms with Gasteiger partial charge in [0.1, 0.15) is 5.75 Å². The second kappa shape index (κ2) is 7.79. The molecule has 1 aromatic rings. The summed E-state index contributed by atoms with van der Waals surface area (Å²) in [6.45, 7) is 6.73. The number of carboxylic acids is 1. The molecule has 106 valence electrons. The van der Waals surface area contributed by atoms with Crippen LogP contribution in [0.15, 0.2) is 24.3 Å². The number of benzene rings is 1. The average Bonchev–Trinajstić information content (AvgIpc) is 2.30. The third-order valence-corrected chi connectivity index (χ3v) is 2.69. The summed E-state index contributed by atoms with van der Waals surface area (Å²) in [5.74, 6) is 0.0719. The molecule has 0 aliphatic heterocycles. The lowest BCUT2D eigenvalue weighted by Gasteiger charge is -2.16. The summed E-state index contributed by atoms with van der Waals surface area (Å²) in [5, 5.41) is 12.1. The molecule has 0 saturated carbocycles. The topological polar surface area (TPSA) is 58.6 Å². The number of rotatable bonds is 8. The Morgan fingerprint density at radius 2 is 1.95 bits per heavy atom. The van der Waals surface area contributed by atoms with Gasteiger partial charge in [-0.3, -0.25) is 4.79 Å². The predicted octanol–water partition coefficient (Wildman–Crippen LogP) is 2.47. The van der Waals surface area contributed by atoms with Crippen molar-refractivity contribution in [3.05, 3.63) is 29.8 Å². The normalized spacial score (nSPS) is 12.4. The number of carbonyl (C=O) groups is 1. The van der Waals surface area contributed by atoms with Crippen LogP contribution < -0.4 is 10.1 Å². The molecule has 0 aliphatic rings. The first-order valence-electron chi connectivity index (χ1n) is 6.72. The third kappa shape index (κ3) is 6.25.